The molecule has 1 aromatic carbocycles. The topological polar surface area (TPSA) is 170 Å². The molecule has 0 spiro atoms. The number of aromatic nitrogens is 3. The molecule has 1 unspecified atom stereocenters. The fourth-order valence-corrected chi connectivity index (χ4v) is 5.01. The number of amides is 3. The molecule has 0 bridgehead atoms. The Balaban J connectivity index is 0.000000207. The summed E-state index contributed by atoms with van der Waals surface area (Å²) in [6, 6.07) is 10.9. The zero-order chi connectivity index (χ0) is 32.2. The van der Waals surface area contributed by atoms with E-state index in [4.69, 9.17) is 10.8 Å². The van der Waals surface area contributed by atoms with Crippen LogP contribution in [0, 0.1) is 11.7 Å². The third-order valence-electron chi connectivity index (χ3n) is 7.73. The molecular formula is C31H40FN9O4. The lowest BCUT2D eigenvalue weighted by atomic mass is 9.97. The number of anilines is 3. The van der Waals surface area contributed by atoms with E-state index in [0.29, 0.717) is 26.1 Å². The van der Waals surface area contributed by atoms with Crippen molar-refractivity contribution in [2.45, 2.75) is 32.2 Å². The maximum atomic E-state index is 14.7. The number of carboxylic acid groups (broad SMARTS) is 1. The van der Waals surface area contributed by atoms with Crippen molar-refractivity contribution in [3.63, 3.8) is 0 Å². The van der Waals surface area contributed by atoms with Gasteiger partial charge >= 0.3 is 12.0 Å². The number of rotatable bonds is 9. The molecule has 2 fully saturated rings. The van der Waals surface area contributed by atoms with Gasteiger partial charge in [0.25, 0.3) is 0 Å². The van der Waals surface area contributed by atoms with Gasteiger partial charge in [-0.25, -0.2) is 14.8 Å². The lowest BCUT2D eigenvalue weighted by molar-refractivity contribution is -0.137. The van der Waals surface area contributed by atoms with Gasteiger partial charge in [-0.2, -0.15) is 4.39 Å². The summed E-state index contributed by atoms with van der Waals surface area (Å²) in [7, 11) is 2.05. The Hall–Kier alpha value is -4.85. The first-order chi connectivity index (χ1) is 21.7. The van der Waals surface area contributed by atoms with Crippen LogP contribution in [0.25, 0.3) is 0 Å². The summed E-state index contributed by atoms with van der Waals surface area (Å²) >= 11 is 0. The second-order valence-electron chi connectivity index (χ2n) is 11.1. The van der Waals surface area contributed by atoms with Gasteiger partial charge in [-0.05, 0) is 61.7 Å². The number of hydrogen-bond acceptors (Lipinski definition) is 9. The standard InChI is InChI=1S/C16H19FN6O.C15H21N3O3/c17-13-15(20-8-11-3-5-19-6-4-11)21-10-22-16(13)23-7-1-2-12(9-23)14(18)24;1-17-8-10-18(11-9-17)15(21)16-13-5-2-12(3-6-13)4-7-14(19)20/h3-6,10,12H,1-2,7-9H2,(H2,18,24)(H,20,21,22);2-3,5-6H,4,7-11H2,1H3,(H,16,21)(H,19,20). The highest BCUT2D eigenvalue weighted by Gasteiger charge is 2.27. The van der Waals surface area contributed by atoms with Crippen LogP contribution in [0.1, 0.15) is 30.4 Å². The minimum Gasteiger partial charge on any atom is -0.481 e. The van der Waals surface area contributed by atoms with E-state index >= 15 is 0 Å². The quantitative estimate of drug-likeness (QED) is 0.279. The number of pyridine rings is 1. The number of aliphatic carboxylic acids is 1. The number of aryl methyl sites for hydroxylation is 1. The van der Waals surface area contributed by atoms with E-state index in [2.05, 4.69) is 30.5 Å². The minimum absolute atomic E-state index is 0.0821. The molecule has 2 saturated heterocycles. The number of nitrogens with two attached hydrogens (primary N) is 1. The smallest absolute Gasteiger partial charge is 0.321 e. The molecule has 5 rings (SSSR count). The molecule has 0 saturated carbocycles. The number of primary amides is 1. The van der Waals surface area contributed by atoms with Crippen LogP contribution >= 0.6 is 0 Å². The molecule has 45 heavy (non-hydrogen) atoms. The van der Waals surface area contributed by atoms with E-state index in [9.17, 15) is 18.8 Å². The maximum Gasteiger partial charge on any atom is 0.321 e. The predicted octanol–water partition coefficient (Wildman–Crippen LogP) is 2.81. The van der Waals surface area contributed by atoms with Crippen molar-refractivity contribution < 1.29 is 23.9 Å². The summed E-state index contributed by atoms with van der Waals surface area (Å²) in [4.78, 5) is 51.7. The third-order valence-corrected chi connectivity index (χ3v) is 7.73. The number of likely N-dealkylation sites (N-methyl/N-ethyl adjacent to an activating group) is 1. The first-order valence-corrected chi connectivity index (χ1v) is 14.9. The van der Waals surface area contributed by atoms with Crippen LogP contribution in [0.3, 0.4) is 0 Å². The Labute approximate surface area is 261 Å². The number of nitrogens with one attached hydrogen (secondary N) is 2. The van der Waals surface area contributed by atoms with Crippen LogP contribution in [0.2, 0.25) is 0 Å². The summed E-state index contributed by atoms with van der Waals surface area (Å²) in [5.74, 6) is -1.61. The number of carboxylic acids is 1. The molecule has 4 heterocycles. The monoisotopic (exact) mass is 621 g/mol. The Bertz CT molecular complexity index is 1420. The van der Waals surface area contributed by atoms with Gasteiger partial charge in [0.15, 0.2) is 11.6 Å². The number of carbonyl (C=O) groups excluding carboxylic acids is 2. The van der Waals surface area contributed by atoms with E-state index in [1.54, 1.807) is 22.2 Å². The molecule has 3 aromatic rings. The van der Waals surface area contributed by atoms with Gasteiger partial charge < -0.3 is 36.2 Å². The molecule has 2 aromatic heterocycles. The van der Waals surface area contributed by atoms with E-state index in [0.717, 1.165) is 55.8 Å². The van der Waals surface area contributed by atoms with Gasteiger partial charge in [-0.1, -0.05) is 12.1 Å². The van der Waals surface area contributed by atoms with E-state index in [1.165, 1.54) is 6.33 Å². The third kappa shape index (κ3) is 10.1. The number of benzene rings is 1. The van der Waals surface area contributed by atoms with E-state index < -0.39 is 11.8 Å². The number of piperidine rings is 1. The van der Waals surface area contributed by atoms with Gasteiger partial charge in [0.1, 0.15) is 6.33 Å². The highest BCUT2D eigenvalue weighted by Crippen LogP contribution is 2.26. The molecule has 13 nitrogen and oxygen atoms in total. The lowest BCUT2D eigenvalue weighted by Gasteiger charge is -2.32. The summed E-state index contributed by atoms with van der Waals surface area (Å²) in [6.45, 7) is 4.70. The van der Waals surface area contributed by atoms with Crippen molar-refractivity contribution in [2.75, 3.05) is 61.8 Å². The largest absolute Gasteiger partial charge is 0.481 e. The Kier molecular flexibility index (Phi) is 12.0. The van der Waals surface area contributed by atoms with Crippen molar-refractivity contribution in [3.8, 4) is 0 Å². The molecule has 0 aliphatic carbocycles. The van der Waals surface area contributed by atoms with Crippen LogP contribution in [0.4, 0.5) is 26.5 Å². The number of urea groups is 1. The summed E-state index contributed by atoms with van der Waals surface area (Å²) in [6.07, 6.45) is 6.80. The van der Waals surface area contributed by atoms with Crippen molar-refractivity contribution >= 4 is 35.2 Å². The molecule has 2 aliphatic heterocycles. The number of piperazine rings is 1. The molecule has 2 aliphatic rings. The average Bonchev–Trinajstić information content (AvgIpc) is 3.05. The Morgan fingerprint density at radius 3 is 2.38 bits per heavy atom. The first kappa shape index (κ1) is 33.1. The maximum absolute atomic E-state index is 14.7. The van der Waals surface area contributed by atoms with Crippen molar-refractivity contribution in [3.05, 3.63) is 72.1 Å². The van der Waals surface area contributed by atoms with Gasteiger partial charge in [0, 0.05) is 70.3 Å². The molecule has 5 N–H and O–H groups in total. The number of nitrogens with zero attached hydrogens (tertiary/aromatic N) is 6. The van der Waals surface area contributed by atoms with Gasteiger partial charge in [0.2, 0.25) is 11.7 Å². The van der Waals surface area contributed by atoms with Gasteiger partial charge in [0.05, 0.1) is 5.92 Å². The summed E-state index contributed by atoms with van der Waals surface area (Å²) < 4.78 is 14.7. The van der Waals surface area contributed by atoms with E-state index in [-0.39, 0.29) is 35.9 Å². The fourth-order valence-electron chi connectivity index (χ4n) is 5.01. The predicted molar refractivity (Wildman–Crippen MR) is 168 cm³/mol. The van der Waals surface area contributed by atoms with Crippen LogP contribution in [0.5, 0.6) is 0 Å². The van der Waals surface area contributed by atoms with Crippen molar-refractivity contribution in [1.82, 2.24) is 24.8 Å². The highest BCUT2D eigenvalue weighted by molar-refractivity contribution is 5.89. The zero-order valence-corrected chi connectivity index (χ0v) is 25.4. The van der Waals surface area contributed by atoms with E-state index in [1.807, 2.05) is 43.4 Å². The van der Waals surface area contributed by atoms with Crippen LogP contribution in [-0.4, -0.2) is 94.1 Å². The summed E-state index contributed by atoms with van der Waals surface area (Å²) in [5, 5.41) is 14.5. The molecule has 1 atom stereocenters. The summed E-state index contributed by atoms with van der Waals surface area (Å²) in [5.41, 5.74) is 8.03. The normalized spacial score (nSPS) is 16.7. The molecular weight excluding hydrogens is 581 g/mol. The molecule has 240 valence electrons. The Morgan fingerprint density at radius 2 is 1.71 bits per heavy atom. The average molecular weight is 622 g/mol. The number of carbonyl (C=O) groups is 3. The highest BCUT2D eigenvalue weighted by atomic mass is 19.1. The van der Waals surface area contributed by atoms with Crippen LogP contribution in [0.15, 0.2) is 55.1 Å². The zero-order valence-electron chi connectivity index (χ0n) is 25.4. The second-order valence-corrected chi connectivity index (χ2v) is 11.1. The molecule has 3 amide bonds. The Morgan fingerprint density at radius 1 is 1.00 bits per heavy atom. The minimum atomic E-state index is -0.803. The number of halogens is 1. The number of hydrogen-bond donors (Lipinski definition) is 4. The molecule has 14 heteroatoms. The lowest BCUT2D eigenvalue weighted by Crippen LogP contribution is -2.48. The van der Waals surface area contributed by atoms with Gasteiger partial charge in [-0.15, -0.1) is 0 Å². The van der Waals surface area contributed by atoms with Crippen molar-refractivity contribution in [2.24, 2.45) is 11.7 Å². The van der Waals surface area contributed by atoms with Crippen molar-refractivity contribution in [1.29, 1.82) is 0 Å². The van der Waals surface area contributed by atoms with Gasteiger partial charge in [-0.3, -0.25) is 14.6 Å². The first-order valence-electron chi connectivity index (χ1n) is 14.9. The van der Waals surface area contributed by atoms with Crippen LogP contribution < -0.4 is 21.3 Å². The second kappa shape index (κ2) is 16.3. The fraction of sp³-hybridized carbons (Fsp3) is 0.419. The van der Waals surface area contributed by atoms with Crippen LogP contribution in [-0.2, 0) is 22.6 Å². The SMILES string of the molecule is CN1CCN(C(=O)Nc2ccc(CCC(=O)O)cc2)CC1.NC(=O)C1CCCN(c2ncnc(NCc3ccncc3)c2F)C1. The molecule has 0 radical (unpaired) electrons.